The monoisotopic (exact) mass is 427 g/mol. The molecule has 2 aromatic carbocycles. The van der Waals surface area contributed by atoms with E-state index in [-0.39, 0.29) is 38.6 Å². The first kappa shape index (κ1) is 20.6. The van der Waals surface area contributed by atoms with E-state index in [2.05, 4.69) is 5.32 Å². The van der Waals surface area contributed by atoms with Gasteiger partial charge in [-0.25, -0.2) is 12.8 Å². The molecule has 3 rings (SSSR count). The Kier molecular flexibility index (Phi) is 5.92. The van der Waals surface area contributed by atoms with Crippen molar-refractivity contribution in [1.82, 2.24) is 0 Å². The van der Waals surface area contributed by atoms with Gasteiger partial charge < -0.3 is 15.2 Å². The van der Waals surface area contributed by atoms with Crippen molar-refractivity contribution in [3.63, 3.8) is 0 Å². The summed E-state index contributed by atoms with van der Waals surface area (Å²) in [6.07, 6.45) is 0.440. The number of carbonyl (C=O) groups excluding carboxylic acids is 1. The Labute approximate surface area is 167 Å². The quantitative estimate of drug-likeness (QED) is 0.738. The molecule has 0 saturated heterocycles. The minimum absolute atomic E-state index is 0.0162. The number of rotatable bonds is 6. The van der Waals surface area contributed by atoms with Gasteiger partial charge in [0.25, 0.3) is 5.91 Å². The highest BCUT2D eigenvalue weighted by molar-refractivity contribution is 7.91. The third kappa shape index (κ3) is 4.45. The molecule has 0 heterocycles. The SMILES string of the molecule is COc1ccc(S(=O)(=O)CC2CC(O)C2)cc1C(=O)Nc1cc(F)ccc1Cl. The third-order valence-corrected chi connectivity index (χ3v) is 6.83. The molecule has 0 aliphatic heterocycles. The van der Waals surface area contributed by atoms with Gasteiger partial charge in [-0.3, -0.25) is 4.79 Å². The zero-order valence-corrected chi connectivity index (χ0v) is 16.6. The fourth-order valence-corrected chi connectivity index (χ4v) is 4.91. The number of nitrogens with one attached hydrogen (secondary N) is 1. The lowest BCUT2D eigenvalue weighted by atomic mass is 9.84. The number of amides is 1. The van der Waals surface area contributed by atoms with Crippen molar-refractivity contribution >= 4 is 33.0 Å². The van der Waals surface area contributed by atoms with E-state index < -0.39 is 27.7 Å². The molecule has 9 heteroatoms. The molecule has 6 nitrogen and oxygen atoms in total. The molecule has 1 amide bonds. The number of ether oxygens (including phenoxy) is 1. The summed E-state index contributed by atoms with van der Waals surface area (Å²) in [6.45, 7) is 0. The van der Waals surface area contributed by atoms with Crippen LogP contribution < -0.4 is 10.1 Å². The highest BCUT2D eigenvalue weighted by Crippen LogP contribution is 2.32. The Morgan fingerprint density at radius 2 is 2.00 bits per heavy atom. The summed E-state index contributed by atoms with van der Waals surface area (Å²) in [4.78, 5) is 12.6. The molecule has 0 unspecified atom stereocenters. The smallest absolute Gasteiger partial charge is 0.259 e. The van der Waals surface area contributed by atoms with Crippen LogP contribution in [-0.2, 0) is 9.84 Å². The van der Waals surface area contributed by atoms with Crippen molar-refractivity contribution < 1.29 is 27.4 Å². The molecule has 2 aromatic rings. The van der Waals surface area contributed by atoms with E-state index in [9.17, 15) is 22.7 Å². The Morgan fingerprint density at radius 1 is 1.29 bits per heavy atom. The third-order valence-electron chi connectivity index (χ3n) is 4.62. The number of hydrogen-bond donors (Lipinski definition) is 2. The van der Waals surface area contributed by atoms with Crippen LogP contribution in [0.25, 0.3) is 0 Å². The van der Waals surface area contributed by atoms with Crippen LogP contribution in [-0.4, -0.2) is 38.4 Å². The first-order chi connectivity index (χ1) is 13.2. The van der Waals surface area contributed by atoms with Crippen LogP contribution in [0.4, 0.5) is 10.1 Å². The van der Waals surface area contributed by atoms with E-state index in [4.69, 9.17) is 16.3 Å². The topological polar surface area (TPSA) is 92.7 Å². The van der Waals surface area contributed by atoms with E-state index in [1.807, 2.05) is 0 Å². The van der Waals surface area contributed by atoms with Crippen LogP contribution in [0.1, 0.15) is 23.2 Å². The predicted octanol–water partition coefficient (Wildman–Crippen LogP) is 3.28. The minimum Gasteiger partial charge on any atom is -0.496 e. The molecule has 1 fully saturated rings. The number of methoxy groups -OCH3 is 1. The van der Waals surface area contributed by atoms with Gasteiger partial charge in [-0.2, -0.15) is 0 Å². The Morgan fingerprint density at radius 3 is 2.64 bits per heavy atom. The minimum atomic E-state index is -3.65. The Balaban J connectivity index is 1.88. The summed E-state index contributed by atoms with van der Waals surface area (Å²) in [5, 5.41) is 12.0. The van der Waals surface area contributed by atoms with Gasteiger partial charge in [-0.15, -0.1) is 0 Å². The van der Waals surface area contributed by atoms with Gasteiger partial charge in [-0.05, 0) is 55.2 Å². The number of halogens is 2. The molecule has 0 aromatic heterocycles. The van der Waals surface area contributed by atoms with Gasteiger partial charge in [-0.1, -0.05) is 11.6 Å². The molecule has 0 bridgehead atoms. The molecular weight excluding hydrogens is 409 g/mol. The van der Waals surface area contributed by atoms with Crippen LogP contribution in [0.2, 0.25) is 5.02 Å². The normalized spacial score (nSPS) is 19.0. The number of aliphatic hydroxyl groups is 1. The largest absolute Gasteiger partial charge is 0.496 e. The van der Waals surface area contributed by atoms with Crippen molar-refractivity contribution in [2.45, 2.75) is 23.8 Å². The number of sulfone groups is 1. The number of aliphatic hydroxyl groups excluding tert-OH is 1. The maximum atomic E-state index is 13.4. The average molecular weight is 428 g/mol. The zero-order valence-electron chi connectivity index (χ0n) is 15.0. The maximum absolute atomic E-state index is 13.4. The van der Waals surface area contributed by atoms with Gasteiger partial charge in [0, 0.05) is 0 Å². The van der Waals surface area contributed by atoms with Crippen LogP contribution in [0.15, 0.2) is 41.3 Å². The first-order valence-corrected chi connectivity index (χ1v) is 10.6. The molecule has 1 saturated carbocycles. The van der Waals surface area contributed by atoms with Crippen LogP contribution >= 0.6 is 11.6 Å². The van der Waals surface area contributed by atoms with E-state index in [1.165, 1.54) is 31.4 Å². The lowest BCUT2D eigenvalue weighted by molar-refractivity contribution is 0.0526. The van der Waals surface area contributed by atoms with E-state index in [1.54, 1.807) is 0 Å². The lowest BCUT2D eigenvalue weighted by Gasteiger charge is -2.30. The molecule has 1 aliphatic rings. The summed E-state index contributed by atoms with van der Waals surface area (Å²) < 4.78 is 43.9. The van der Waals surface area contributed by atoms with E-state index >= 15 is 0 Å². The van der Waals surface area contributed by atoms with Crippen molar-refractivity contribution in [1.29, 1.82) is 0 Å². The summed E-state index contributed by atoms with van der Waals surface area (Å²) in [5.41, 5.74) is 0.0444. The number of hydrogen-bond acceptors (Lipinski definition) is 5. The summed E-state index contributed by atoms with van der Waals surface area (Å²) in [7, 11) is -2.29. The van der Waals surface area contributed by atoms with Crippen molar-refractivity contribution in [3.8, 4) is 5.75 Å². The average Bonchev–Trinajstić information content (AvgIpc) is 2.62. The standard InChI is InChI=1S/C19H19ClFNO5S/c1-27-18-5-3-14(28(25,26)10-11-6-13(23)7-11)9-15(18)19(24)22-17-8-12(21)2-4-16(17)20/h2-5,8-9,11,13,23H,6-7,10H2,1H3,(H,22,24). The summed E-state index contributed by atoms with van der Waals surface area (Å²) >= 11 is 5.97. The molecule has 28 heavy (non-hydrogen) atoms. The molecule has 1 aliphatic carbocycles. The van der Waals surface area contributed by atoms with Crippen molar-refractivity contribution in [2.75, 3.05) is 18.2 Å². The fourth-order valence-electron chi connectivity index (χ4n) is 3.08. The fraction of sp³-hybridized carbons (Fsp3) is 0.316. The first-order valence-electron chi connectivity index (χ1n) is 8.55. The second-order valence-electron chi connectivity index (χ2n) is 6.71. The number of anilines is 1. The van der Waals surface area contributed by atoms with Crippen molar-refractivity contribution in [2.24, 2.45) is 5.92 Å². The highest BCUT2D eigenvalue weighted by Gasteiger charge is 2.32. The zero-order chi connectivity index (χ0) is 20.5. The molecule has 0 atom stereocenters. The molecule has 150 valence electrons. The van der Waals surface area contributed by atoms with E-state index in [0.717, 1.165) is 12.1 Å². The number of carbonyl (C=O) groups is 1. The van der Waals surface area contributed by atoms with Gasteiger partial charge in [0.05, 0.1) is 40.1 Å². The Hall–Kier alpha value is -2.16. The van der Waals surface area contributed by atoms with Crippen molar-refractivity contribution in [3.05, 3.63) is 52.8 Å². The van der Waals surface area contributed by atoms with Gasteiger partial charge in [0.2, 0.25) is 0 Å². The highest BCUT2D eigenvalue weighted by atomic mass is 35.5. The molecule has 2 N–H and O–H groups in total. The second kappa shape index (κ2) is 8.06. The maximum Gasteiger partial charge on any atom is 0.259 e. The lowest BCUT2D eigenvalue weighted by Crippen LogP contribution is -2.33. The predicted molar refractivity (Wildman–Crippen MR) is 103 cm³/mol. The Bertz CT molecular complexity index is 1010. The van der Waals surface area contributed by atoms with Crippen LogP contribution in [0.3, 0.4) is 0 Å². The van der Waals surface area contributed by atoms with E-state index in [0.29, 0.717) is 12.8 Å². The summed E-state index contributed by atoms with van der Waals surface area (Å²) in [5.74, 6) is -1.30. The van der Waals surface area contributed by atoms with Gasteiger partial charge >= 0.3 is 0 Å². The molecule has 0 spiro atoms. The van der Waals surface area contributed by atoms with Crippen LogP contribution in [0.5, 0.6) is 5.75 Å². The molecular formula is C19H19ClFNO5S. The molecule has 0 radical (unpaired) electrons. The number of benzene rings is 2. The van der Waals surface area contributed by atoms with Gasteiger partial charge in [0.15, 0.2) is 9.84 Å². The second-order valence-corrected chi connectivity index (χ2v) is 9.15. The van der Waals surface area contributed by atoms with Crippen LogP contribution in [0, 0.1) is 11.7 Å². The summed E-state index contributed by atoms with van der Waals surface area (Å²) in [6, 6.07) is 7.52. The van der Waals surface area contributed by atoms with Gasteiger partial charge in [0.1, 0.15) is 11.6 Å².